The van der Waals surface area contributed by atoms with Crippen molar-refractivity contribution in [2.24, 2.45) is 0 Å². The van der Waals surface area contributed by atoms with E-state index in [1.165, 1.54) is 0 Å². The highest BCUT2D eigenvalue weighted by molar-refractivity contribution is 6.31. The third kappa shape index (κ3) is 3.93. The second-order valence-corrected chi connectivity index (χ2v) is 4.11. The highest BCUT2D eigenvalue weighted by Gasteiger charge is 2.04. The number of hydrogen-bond acceptors (Lipinski definition) is 2. The summed E-state index contributed by atoms with van der Waals surface area (Å²) >= 11 is 5.78. The molecule has 0 N–H and O–H groups in total. The van der Waals surface area contributed by atoms with Crippen molar-refractivity contribution in [3.8, 4) is 6.07 Å². The molecule has 0 aliphatic heterocycles. The summed E-state index contributed by atoms with van der Waals surface area (Å²) in [5.74, 6) is 0. The fourth-order valence-corrected chi connectivity index (χ4v) is 1.57. The van der Waals surface area contributed by atoms with Crippen molar-refractivity contribution in [2.45, 2.75) is 20.3 Å². The van der Waals surface area contributed by atoms with Crippen LogP contribution in [0, 0.1) is 25.2 Å². The second kappa shape index (κ2) is 6.07. The molecular formula is C13H14ClN3. The molecule has 17 heavy (non-hydrogen) atoms. The molecule has 0 aromatic carbocycles. The highest BCUT2D eigenvalue weighted by Crippen LogP contribution is 2.15. The van der Waals surface area contributed by atoms with Crippen molar-refractivity contribution in [2.75, 3.05) is 0 Å². The number of aromatic nitrogens is 2. The third-order valence-corrected chi connectivity index (χ3v) is 2.17. The van der Waals surface area contributed by atoms with Gasteiger partial charge in [-0.2, -0.15) is 10.4 Å². The normalized spacial score (nSPS) is 11.8. The minimum atomic E-state index is 0.353. The lowest BCUT2D eigenvalue weighted by atomic mass is 10.3. The molecule has 0 unspecified atom stereocenters. The predicted molar refractivity (Wildman–Crippen MR) is 70.3 cm³/mol. The Morgan fingerprint density at radius 2 is 2.35 bits per heavy atom. The molecule has 0 amide bonds. The first-order valence-electron chi connectivity index (χ1n) is 5.18. The lowest BCUT2D eigenvalue weighted by Crippen LogP contribution is -1.99. The van der Waals surface area contributed by atoms with E-state index in [0.29, 0.717) is 11.5 Å². The van der Waals surface area contributed by atoms with Crippen LogP contribution in [0.1, 0.15) is 17.8 Å². The van der Waals surface area contributed by atoms with Gasteiger partial charge in [-0.1, -0.05) is 24.3 Å². The lowest BCUT2D eigenvalue weighted by Gasteiger charge is -2.05. The molecule has 1 heterocycles. The zero-order valence-electron chi connectivity index (χ0n) is 9.94. The van der Waals surface area contributed by atoms with E-state index in [1.54, 1.807) is 16.8 Å². The van der Waals surface area contributed by atoms with Gasteiger partial charge in [0.05, 0.1) is 23.9 Å². The van der Waals surface area contributed by atoms with Crippen LogP contribution in [-0.2, 0) is 0 Å². The van der Waals surface area contributed by atoms with E-state index in [4.69, 9.17) is 16.9 Å². The molecule has 0 aliphatic carbocycles. The third-order valence-electron chi connectivity index (χ3n) is 2.06. The number of rotatable bonds is 4. The van der Waals surface area contributed by atoms with Crippen LogP contribution >= 0.6 is 11.6 Å². The number of aryl methyl sites for hydroxylation is 2. The lowest BCUT2D eigenvalue weighted by molar-refractivity contribution is 0.859. The standard InChI is InChI=1S/C13H14ClN3/c1-10(14)8-13(6-4-5-7-15)17-12(3)9-11(2)16-17/h4,6,8-9H,1,5H2,2-3H3/b6-4-,13-8+. The first-order chi connectivity index (χ1) is 8.04. The molecular weight excluding hydrogens is 234 g/mol. The number of halogens is 1. The maximum absolute atomic E-state index is 8.50. The van der Waals surface area contributed by atoms with Gasteiger partial charge in [0.2, 0.25) is 0 Å². The van der Waals surface area contributed by atoms with E-state index in [9.17, 15) is 0 Å². The fourth-order valence-electron chi connectivity index (χ4n) is 1.46. The SMILES string of the molecule is C=C(Cl)/C=C(\C=C/CC#N)n1nc(C)cc1C. The Labute approximate surface area is 106 Å². The van der Waals surface area contributed by atoms with E-state index >= 15 is 0 Å². The molecule has 0 radical (unpaired) electrons. The van der Waals surface area contributed by atoms with Gasteiger partial charge in [-0.05, 0) is 32.1 Å². The Morgan fingerprint density at radius 3 is 2.82 bits per heavy atom. The van der Waals surface area contributed by atoms with Gasteiger partial charge in [-0.25, -0.2) is 4.68 Å². The Morgan fingerprint density at radius 1 is 1.65 bits per heavy atom. The summed E-state index contributed by atoms with van der Waals surface area (Å²) < 4.78 is 1.77. The first kappa shape index (κ1) is 13.3. The van der Waals surface area contributed by atoms with Gasteiger partial charge >= 0.3 is 0 Å². The number of nitriles is 1. The topological polar surface area (TPSA) is 41.6 Å². The minimum absolute atomic E-state index is 0.353. The summed E-state index contributed by atoms with van der Waals surface area (Å²) in [6.45, 7) is 7.52. The minimum Gasteiger partial charge on any atom is -0.238 e. The molecule has 0 saturated carbocycles. The Bertz CT molecular complexity index is 515. The first-order valence-corrected chi connectivity index (χ1v) is 5.55. The van der Waals surface area contributed by atoms with Crippen molar-refractivity contribution in [1.29, 1.82) is 5.26 Å². The smallest absolute Gasteiger partial charge is 0.0663 e. The van der Waals surface area contributed by atoms with Crippen molar-refractivity contribution in [1.82, 2.24) is 9.78 Å². The van der Waals surface area contributed by atoms with E-state index < -0.39 is 0 Å². The van der Waals surface area contributed by atoms with Crippen LogP contribution in [0.3, 0.4) is 0 Å². The van der Waals surface area contributed by atoms with E-state index in [2.05, 4.69) is 11.7 Å². The van der Waals surface area contributed by atoms with Crippen LogP contribution in [0.4, 0.5) is 0 Å². The quantitative estimate of drug-likeness (QED) is 0.764. The van der Waals surface area contributed by atoms with E-state index in [-0.39, 0.29) is 0 Å². The maximum Gasteiger partial charge on any atom is 0.0663 e. The second-order valence-electron chi connectivity index (χ2n) is 3.62. The molecule has 0 aliphatic rings. The van der Waals surface area contributed by atoms with Gasteiger partial charge in [-0.3, -0.25) is 0 Å². The van der Waals surface area contributed by atoms with Crippen molar-refractivity contribution < 1.29 is 0 Å². The van der Waals surface area contributed by atoms with Crippen LogP contribution in [0.15, 0.2) is 35.9 Å². The average molecular weight is 248 g/mol. The highest BCUT2D eigenvalue weighted by atomic mass is 35.5. The van der Waals surface area contributed by atoms with Crippen molar-refractivity contribution in [3.63, 3.8) is 0 Å². The van der Waals surface area contributed by atoms with Gasteiger partial charge in [0.25, 0.3) is 0 Å². The van der Waals surface area contributed by atoms with Gasteiger partial charge in [0, 0.05) is 10.7 Å². The van der Waals surface area contributed by atoms with Crippen LogP contribution < -0.4 is 0 Å². The molecule has 1 aromatic heterocycles. The molecule has 0 spiro atoms. The van der Waals surface area contributed by atoms with Gasteiger partial charge in [0.1, 0.15) is 0 Å². The van der Waals surface area contributed by atoms with Crippen LogP contribution in [0.2, 0.25) is 0 Å². The van der Waals surface area contributed by atoms with Crippen LogP contribution in [0.5, 0.6) is 0 Å². The van der Waals surface area contributed by atoms with E-state index in [0.717, 1.165) is 17.1 Å². The molecule has 0 bridgehead atoms. The monoisotopic (exact) mass is 247 g/mol. The number of allylic oxidation sites excluding steroid dienone is 5. The zero-order valence-corrected chi connectivity index (χ0v) is 10.7. The van der Waals surface area contributed by atoms with Crippen molar-refractivity contribution in [3.05, 3.63) is 47.3 Å². The fraction of sp³-hybridized carbons (Fsp3) is 0.231. The van der Waals surface area contributed by atoms with Gasteiger partial charge < -0.3 is 0 Å². The van der Waals surface area contributed by atoms with Crippen LogP contribution in [-0.4, -0.2) is 9.78 Å². The molecule has 0 atom stereocenters. The Balaban J connectivity index is 3.12. The number of hydrogen-bond donors (Lipinski definition) is 0. The molecule has 0 saturated heterocycles. The molecule has 3 nitrogen and oxygen atoms in total. The molecule has 0 fully saturated rings. The van der Waals surface area contributed by atoms with Crippen LogP contribution in [0.25, 0.3) is 5.70 Å². The van der Waals surface area contributed by atoms with Crippen molar-refractivity contribution >= 4 is 17.3 Å². The summed E-state index contributed by atoms with van der Waals surface area (Å²) in [6, 6.07) is 4.02. The van der Waals surface area contributed by atoms with Gasteiger partial charge in [-0.15, -0.1) is 0 Å². The molecule has 1 aromatic rings. The summed E-state index contributed by atoms with van der Waals surface area (Å²) in [5.41, 5.74) is 2.74. The summed E-state index contributed by atoms with van der Waals surface area (Å²) in [4.78, 5) is 0. The summed E-state index contributed by atoms with van der Waals surface area (Å²) in [6.07, 6.45) is 5.65. The zero-order chi connectivity index (χ0) is 12.8. The average Bonchev–Trinajstić information content (AvgIpc) is 2.56. The van der Waals surface area contributed by atoms with Gasteiger partial charge in [0.15, 0.2) is 0 Å². The molecule has 1 rings (SSSR count). The Hall–Kier alpha value is -1.79. The predicted octanol–water partition coefficient (Wildman–Crippen LogP) is 3.56. The largest absolute Gasteiger partial charge is 0.238 e. The maximum atomic E-state index is 8.50. The summed E-state index contributed by atoms with van der Waals surface area (Å²) in [5, 5.41) is 13.3. The molecule has 4 heteroatoms. The summed E-state index contributed by atoms with van der Waals surface area (Å²) in [7, 11) is 0. The number of nitrogens with zero attached hydrogens (tertiary/aromatic N) is 3. The van der Waals surface area contributed by atoms with E-state index in [1.807, 2.05) is 32.1 Å². The molecule has 88 valence electrons. The Kier molecular flexibility index (Phi) is 4.74.